The number of rotatable bonds is 3. The maximum Gasteiger partial charge on any atom is 0.415 e. The zero-order valence-electron chi connectivity index (χ0n) is 11.1. The quantitative estimate of drug-likeness (QED) is 0.680. The molecule has 0 aromatic heterocycles. The monoisotopic (exact) mass is 338 g/mol. The summed E-state index contributed by atoms with van der Waals surface area (Å²) in [7, 11) is 0. The molecule has 20 heavy (non-hydrogen) atoms. The molecule has 1 aliphatic heterocycles. The van der Waals surface area contributed by atoms with E-state index in [9.17, 15) is 9.59 Å². The number of nitrogens with zero attached hydrogens (tertiary/aromatic N) is 1. The molecule has 0 aliphatic carbocycles. The zero-order chi connectivity index (χ0) is 14.7. The largest absolute Gasteiger partial charge is 0.416 e. The van der Waals surface area contributed by atoms with Gasteiger partial charge in [0.15, 0.2) is 0 Å². The van der Waals surface area contributed by atoms with Crippen molar-refractivity contribution < 1.29 is 14.3 Å². The molecule has 0 bridgehead atoms. The summed E-state index contributed by atoms with van der Waals surface area (Å²) in [5, 5.41) is 3.01. The number of allylic oxidation sites excluding steroid dienone is 1. The summed E-state index contributed by atoms with van der Waals surface area (Å²) in [6, 6.07) is 5.62. The molecule has 2 rings (SSSR count). The second kappa shape index (κ2) is 6.09. The maximum atomic E-state index is 11.8. The van der Waals surface area contributed by atoms with E-state index in [4.69, 9.17) is 4.74 Å². The van der Waals surface area contributed by atoms with Crippen LogP contribution in [-0.2, 0) is 22.6 Å². The molecular weight excluding hydrogens is 324 g/mol. The van der Waals surface area contributed by atoms with Crippen LogP contribution in [0.2, 0.25) is 0 Å². The van der Waals surface area contributed by atoms with Crippen molar-refractivity contribution in [3.63, 3.8) is 0 Å². The lowest BCUT2D eigenvalue weighted by Crippen LogP contribution is -2.25. The van der Waals surface area contributed by atoms with Crippen molar-refractivity contribution in [2.24, 2.45) is 0 Å². The summed E-state index contributed by atoms with van der Waals surface area (Å²) < 4.78 is 4.99. The van der Waals surface area contributed by atoms with E-state index in [1.54, 1.807) is 11.8 Å². The highest BCUT2D eigenvalue weighted by molar-refractivity contribution is 9.09. The van der Waals surface area contributed by atoms with Crippen LogP contribution in [0.25, 0.3) is 0 Å². The first-order valence-electron chi connectivity index (χ1n) is 6.09. The van der Waals surface area contributed by atoms with Crippen LogP contribution in [0.5, 0.6) is 0 Å². The third-order valence-corrected chi connectivity index (χ3v) is 3.36. The van der Waals surface area contributed by atoms with Crippen molar-refractivity contribution in [2.45, 2.75) is 20.0 Å². The molecule has 2 amide bonds. The molecular formula is C14H15BrN2O3. The van der Waals surface area contributed by atoms with Crippen molar-refractivity contribution in [1.82, 2.24) is 4.90 Å². The van der Waals surface area contributed by atoms with Gasteiger partial charge in [-0.2, -0.15) is 0 Å². The third kappa shape index (κ3) is 3.39. The van der Waals surface area contributed by atoms with Gasteiger partial charge in [0.25, 0.3) is 0 Å². The molecule has 1 heterocycles. The minimum absolute atomic E-state index is 0.110. The minimum Gasteiger partial charge on any atom is -0.416 e. The fourth-order valence-corrected chi connectivity index (χ4v) is 2.15. The van der Waals surface area contributed by atoms with E-state index in [-0.39, 0.29) is 11.2 Å². The second-order valence-corrected chi connectivity index (χ2v) is 5.15. The highest BCUT2D eigenvalue weighted by Crippen LogP contribution is 2.26. The molecule has 106 valence electrons. The van der Waals surface area contributed by atoms with Gasteiger partial charge >= 0.3 is 6.09 Å². The number of hydrogen-bond donors (Lipinski definition) is 1. The van der Waals surface area contributed by atoms with Gasteiger partial charge in [-0.05, 0) is 30.2 Å². The molecule has 6 heteroatoms. The molecule has 0 atom stereocenters. The predicted molar refractivity (Wildman–Crippen MR) is 79.4 cm³/mol. The molecule has 1 aromatic carbocycles. The van der Waals surface area contributed by atoms with Gasteiger partial charge in [-0.1, -0.05) is 28.6 Å². The number of carbonyl (C=O) groups is 2. The van der Waals surface area contributed by atoms with Crippen LogP contribution in [0.15, 0.2) is 30.5 Å². The Morgan fingerprint density at radius 3 is 2.75 bits per heavy atom. The summed E-state index contributed by atoms with van der Waals surface area (Å²) in [5.74, 6) is 0.262. The number of hydrogen-bond acceptors (Lipinski definition) is 3. The molecule has 1 aliphatic rings. The SMILES string of the molecule is C=C(C)OC(=O)N1Cc2ccc(NC(=O)CBr)cc2C1. The standard InChI is InChI=1S/C14H15BrN2O3/c1-9(2)20-14(19)17-7-10-3-4-12(5-11(10)8-17)16-13(18)6-15/h3-5H,1,6-8H2,2H3,(H,16,18). The molecule has 0 saturated carbocycles. The summed E-state index contributed by atoms with van der Waals surface area (Å²) in [6.07, 6.45) is -0.403. The van der Waals surface area contributed by atoms with Crippen molar-refractivity contribution in [3.8, 4) is 0 Å². The van der Waals surface area contributed by atoms with Crippen molar-refractivity contribution in [1.29, 1.82) is 0 Å². The predicted octanol–water partition coefficient (Wildman–Crippen LogP) is 3.01. The lowest BCUT2D eigenvalue weighted by atomic mass is 10.1. The molecule has 1 aromatic rings. The van der Waals surface area contributed by atoms with Crippen LogP contribution in [0.4, 0.5) is 10.5 Å². The van der Waals surface area contributed by atoms with Crippen LogP contribution in [0, 0.1) is 0 Å². The molecule has 5 nitrogen and oxygen atoms in total. The molecule has 0 unspecified atom stereocenters. The average Bonchev–Trinajstić information content (AvgIpc) is 2.81. The molecule has 1 N–H and O–H groups in total. The van der Waals surface area contributed by atoms with E-state index in [1.165, 1.54) is 0 Å². The van der Waals surface area contributed by atoms with Crippen LogP contribution in [-0.4, -0.2) is 22.2 Å². The second-order valence-electron chi connectivity index (χ2n) is 4.59. The van der Waals surface area contributed by atoms with Gasteiger partial charge in [-0.3, -0.25) is 9.69 Å². The summed E-state index contributed by atoms with van der Waals surface area (Å²) >= 11 is 3.10. The first-order valence-corrected chi connectivity index (χ1v) is 7.21. The number of amides is 2. The summed E-state index contributed by atoms with van der Waals surface area (Å²) in [6.45, 7) is 6.16. The molecule has 0 radical (unpaired) electrons. The van der Waals surface area contributed by atoms with Gasteiger partial charge in [0, 0.05) is 18.8 Å². The molecule has 0 fully saturated rings. The van der Waals surface area contributed by atoms with E-state index < -0.39 is 6.09 Å². The van der Waals surface area contributed by atoms with E-state index in [0.717, 1.165) is 16.8 Å². The van der Waals surface area contributed by atoms with Gasteiger partial charge in [-0.15, -0.1) is 0 Å². The van der Waals surface area contributed by atoms with E-state index >= 15 is 0 Å². The van der Waals surface area contributed by atoms with Crippen molar-refractivity contribution in [2.75, 3.05) is 10.6 Å². The number of halogens is 1. The number of alkyl halides is 1. The third-order valence-electron chi connectivity index (χ3n) is 2.85. The first kappa shape index (κ1) is 14.6. The van der Waals surface area contributed by atoms with E-state index in [2.05, 4.69) is 27.8 Å². The number of fused-ring (bicyclic) bond motifs is 1. The number of carbonyl (C=O) groups excluding carboxylic acids is 2. The van der Waals surface area contributed by atoms with E-state index in [1.807, 2.05) is 18.2 Å². The number of nitrogens with one attached hydrogen (secondary N) is 1. The summed E-state index contributed by atoms with van der Waals surface area (Å²) in [5.41, 5.74) is 2.79. The van der Waals surface area contributed by atoms with Gasteiger partial charge in [0.05, 0.1) is 11.1 Å². The lowest BCUT2D eigenvalue weighted by Gasteiger charge is -2.14. The Kier molecular flexibility index (Phi) is 4.44. The molecule has 0 saturated heterocycles. The molecule has 0 spiro atoms. The van der Waals surface area contributed by atoms with Gasteiger partial charge in [0.1, 0.15) is 0 Å². The zero-order valence-corrected chi connectivity index (χ0v) is 12.7. The summed E-state index contributed by atoms with van der Waals surface area (Å²) in [4.78, 5) is 24.7. The maximum absolute atomic E-state index is 11.8. The number of ether oxygens (including phenoxy) is 1. The van der Waals surface area contributed by atoms with Crippen LogP contribution in [0.3, 0.4) is 0 Å². The lowest BCUT2D eigenvalue weighted by molar-refractivity contribution is -0.113. The van der Waals surface area contributed by atoms with Crippen LogP contribution >= 0.6 is 15.9 Å². The van der Waals surface area contributed by atoms with Gasteiger partial charge in [-0.25, -0.2) is 4.79 Å². The van der Waals surface area contributed by atoms with E-state index in [0.29, 0.717) is 18.8 Å². The highest BCUT2D eigenvalue weighted by atomic mass is 79.9. The van der Waals surface area contributed by atoms with Gasteiger partial charge in [0.2, 0.25) is 5.91 Å². The topological polar surface area (TPSA) is 58.6 Å². The fraction of sp³-hybridized carbons (Fsp3) is 0.286. The first-order chi connectivity index (χ1) is 9.49. The average molecular weight is 339 g/mol. The Bertz CT molecular complexity index is 572. The van der Waals surface area contributed by atoms with Crippen molar-refractivity contribution in [3.05, 3.63) is 41.7 Å². The van der Waals surface area contributed by atoms with Crippen molar-refractivity contribution >= 4 is 33.6 Å². The fourth-order valence-electron chi connectivity index (χ4n) is 2.01. The highest BCUT2D eigenvalue weighted by Gasteiger charge is 2.24. The Morgan fingerprint density at radius 2 is 2.10 bits per heavy atom. The number of anilines is 1. The Labute approximate surface area is 125 Å². The Morgan fingerprint density at radius 1 is 1.40 bits per heavy atom. The Hall–Kier alpha value is -1.82. The van der Waals surface area contributed by atoms with Crippen LogP contribution in [0.1, 0.15) is 18.1 Å². The Balaban J connectivity index is 2.07. The minimum atomic E-state index is -0.403. The normalized spacial score (nSPS) is 12.8. The van der Waals surface area contributed by atoms with Crippen LogP contribution < -0.4 is 5.32 Å². The smallest absolute Gasteiger partial charge is 0.415 e. The van der Waals surface area contributed by atoms with Gasteiger partial charge < -0.3 is 10.1 Å². The number of benzene rings is 1.